The Morgan fingerprint density at radius 2 is 2.07 bits per heavy atom. The van der Waals surface area contributed by atoms with Crippen LogP contribution in [0.25, 0.3) is 11.5 Å². The predicted molar refractivity (Wildman–Crippen MR) is 108 cm³/mol. The highest BCUT2D eigenvalue weighted by Gasteiger charge is 2.27. The molecule has 1 aromatic carbocycles. The van der Waals surface area contributed by atoms with Gasteiger partial charge in [-0.1, -0.05) is 44.4 Å². The molecule has 0 radical (unpaired) electrons. The number of carbonyl (C=O) groups excluding carboxylic acids is 1. The second kappa shape index (κ2) is 8.73. The molecule has 1 aliphatic rings. The van der Waals surface area contributed by atoms with Gasteiger partial charge in [-0.2, -0.15) is 0 Å². The maximum absolute atomic E-state index is 12.3. The third-order valence-corrected chi connectivity index (χ3v) is 6.03. The van der Waals surface area contributed by atoms with Gasteiger partial charge in [-0.3, -0.25) is 4.79 Å². The van der Waals surface area contributed by atoms with Crippen molar-refractivity contribution in [3.8, 4) is 11.5 Å². The zero-order valence-electron chi connectivity index (χ0n) is 17.0. The summed E-state index contributed by atoms with van der Waals surface area (Å²) in [5.41, 5.74) is 3.15. The second-order valence-electron chi connectivity index (χ2n) is 8.19. The van der Waals surface area contributed by atoms with Crippen LogP contribution in [0.3, 0.4) is 0 Å². The summed E-state index contributed by atoms with van der Waals surface area (Å²) in [7, 11) is 0. The Labute approximate surface area is 162 Å². The average molecular weight is 369 g/mol. The van der Waals surface area contributed by atoms with Crippen molar-refractivity contribution in [2.75, 3.05) is 0 Å². The molecule has 1 aromatic heterocycles. The first kappa shape index (κ1) is 19.7. The van der Waals surface area contributed by atoms with Gasteiger partial charge >= 0.3 is 0 Å². The SMILES string of the molecule is Cc1cccc(-c2nc(CCCC(=O)NC3CCCC(C)C3C)c(C)o2)c1. The number of aromatic nitrogens is 1. The van der Waals surface area contributed by atoms with E-state index in [9.17, 15) is 4.79 Å². The molecule has 1 heterocycles. The highest BCUT2D eigenvalue weighted by atomic mass is 16.4. The maximum atomic E-state index is 12.3. The zero-order valence-corrected chi connectivity index (χ0v) is 17.0. The van der Waals surface area contributed by atoms with E-state index >= 15 is 0 Å². The third-order valence-electron chi connectivity index (χ3n) is 6.03. The van der Waals surface area contributed by atoms with Crippen LogP contribution in [0.15, 0.2) is 28.7 Å². The Hall–Kier alpha value is -2.10. The number of oxazole rings is 1. The lowest BCUT2D eigenvalue weighted by Gasteiger charge is -2.34. The van der Waals surface area contributed by atoms with Gasteiger partial charge in [-0.05, 0) is 57.1 Å². The van der Waals surface area contributed by atoms with E-state index in [1.807, 2.05) is 19.1 Å². The molecule has 146 valence electrons. The van der Waals surface area contributed by atoms with E-state index in [4.69, 9.17) is 4.42 Å². The topological polar surface area (TPSA) is 55.1 Å². The Balaban J connectivity index is 1.51. The highest BCUT2D eigenvalue weighted by Crippen LogP contribution is 2.29. The molecule has 2 aromatic rings. The molecule has 0 bridgehead atoms. The Bertz CT molecular complexity index is 780. The summed E-state index contributed by atoms with van der Waals surface area (Å²) in [6.45, 7) is 8.57. The van der Waals surface area contributed by atoms with E-state index < -0.39 is 0 Å². The summed E-state index contributed by atoms with van der Waals surface area (Å²) in [5.74, 6) is 2.95. The van der Waals surface area contributed by atoms with E-state index in [1.165, 1.54) is 18.4 Å². The van der Waals surface area contributed by atoms with Crippen LogP contribution in [0.4, 0.5) is 0 Å². The van der Waals surface area contributed by atoms with Gasteiger partial charge in [-0.15, -0.1) is 0 Å². The Morgan fingerprint density at radius 1 is 1.26 bits per heavy atom. The quantitative estimate of drug-likeness (QED) is 0.760. The van der Waals surface area contributed by atoms with Crippen LogP contribution in [0, 0.1) is 25.7 Å². The Morgan fingerprint density at radius 3 is 2.85 bits per heavy atom. The van der Waals surface area contributed by atoms with Gasteiger partial charge in [0.25, 0.3) is 0 Å². The molecule has 0 aliphatic heterocycles. The van der Waals surface area contributed by atoms with E-state index in [0.29, 0.717) is 30.2 Å². The largest absolute Gasteiger partial charge is 0.441 e. The summed E-state index contributed by atoms with van der Waals surface area (Å²) < 4.78 is 5.85. The van der Waals surface area contributed by atoms with Crippen molar-refractivity contribution in [2.24, 2.45) is 11.8 Å². The van der Waals surface area contributed by atoms with Crippen LogP contribution in [-0.4, -0.2) is 16.9 Å². The number of hydrogen-bond donors (Lipinski definition) is 1. The first-order chi connectivity index (χ1) is 12.9. The number of nitrogens with zero attached hydrogens (tertiary/aromatic N) is 1. The third kappa shape index (κ3) is 5.00. The number of rotatable bonds is 6. The van der Waals surface area contributed by atoms with Crippen molar-refractivity contribution in [3.05, 3.63) is 41.3 Å². The molecule has 3 atom stereocenters. The number of carbonyl (C=O) groups is 1. The van der Waals surface area contributed by atoms with Crippen molar-refractivity contribution in [2.45, 2.75) is 72.3 Å². The summed E-state index contributed by atoms with van der Waals surface area (Å²) in [5, 5.41) is 3.25. The van der Waals surface area contributed by atoms with Crippen molar-refractivity contribution in [1.29, 1.82) is 0 Å². The monoisotopic (exact) mass is 368 g/mol. The van der Waals surface area contributed by atoms with E-state index in [-0.39, 0.29) is 5.91 Å². The van der Waals surface area contributed by atoms with E-state index in [2.05, 4.69) is 43.2 Å². The minimum absolute atomic E-state index is 0.168. The molecule has 1 saturated carbocycles. The molecule has 1 fully saturated rings. The van der Waals surface area contributed by atoms with Gasteiger partial charge in [-0.25, -0.2) is 4.98 Å². The first-order valence-electron chi connectivity index (χ1n) is 10.3. The fourth-order valence-corrected chi connectivity index (χ4v) is 4.04. The smallest absolute Gasteiger partial charge is 0.226 e. The van der Waals surface area contributed by atoms with E-state index in [1.54, 1.807) is 0 Å². The van der Waals surface area contributed by atoms with Gasteiger partial charge < -0.3 is 9.73 Å². The molecule has 27 heavy (non-hydrogen) atoms. The van der Waals surface area contributed by atoms with Crippen LogP contribution < -0.4 is 5.32 Å². The molecule has 1 aliphatic carbocycles. The van der Waals surface area contributed by atoms with Gasteiger partial charge in [0.15, 0.2) is 0 Å². The molecular formula is C23H32N2O2. The normalized spacial score (nSPS) is 22.6. The summed E-state index contributed by atoms with van der Waals surface area (Å²) in [6.07, 6.45) is 5.72. The van der Waals surface area contributed by atoms with Gasteiger partial charge in [0.05, 0.1) is 5.69 Å². The molecule has 4 nitrogen and oxygen atoms in total. The first-order valence-corrected chi connectivity index (χ1v) is 10.3. The predicted octanol–water partition coefficient (Wildman–Crippen LogP) is 5.22. The molecule has 3 rings (SSSR count). The molecule has 3 unspecified atom stereocenters. The molecule has 4 heteroatoms. The lowest BCUT2D eigenvalue weighted by Crippen LogP contribution is -2.43. The number of aryl methyl sites for hydroxylation is 3. The lowest BCUT2D eigenvalue weighted by atomic mass is 9.78. The van der Waals surface area contributed by atoms with Gasteiger partial charge in [0.1, 0.15) is 5.76 Å². The molecule has 0 spiro atoms. The van der Waals surface area contributed by atoms with Crippen LogP contribution in [0.5, 0.6) is 0 Å². The molecule has 1 amide bonds. The molecule has 1 N–H and O–H groups in total. The second-order valence-corrected chi connectivity index (χ2v) is 8.19. The van der Waals surface area contributed by atoms with Crippen LogP contribution >= 0.6 is 0 Å². The summed E-state index contributed by atoms with van der Waals surface area (Å²) >= 11 is 0. The molecule has 0 saturated heterocycles. The van der Waals surface area contributed by atoms with Crippen LogP contribution in [-0.2, 0) is 11.2 Å². The zero-order chi connectivity index (χ0) is 19.4. The number of nitrogens with one attached hydrogen (secondary N) is 1. The summed E-state index contributed by atoms with van der Waals surface area (Å²) in [6, 6.07) is 8.51. The lowest BCUT2D eigenvalue weighted by molar-refractivity contribution is -0.122. The van der Waals surface area contributed by atoms with Gasteiger partial charge in [0, 0.05) is 18.0 Å². The fraction of sp³-hybridized carbons (Fsp3) is 0.565. The summed E-state index contributed by atoms with van der Waals surface area (Å²) in [4.78, 5) is 17.0. The van der Waals surface area contributed by atoms with Crippen molar-refractivity contribution >= 4 is 5.91 Å². The molecular weight excluding hydrogens is 336 g/mol. The van der Waals surface area contributed by atoms with Gasteiger partial charge in [0.2, 0.25) is 11.8 Å². The standard InChI is InChI=1S/C23H32N2O2/c1-15-8-5-10-19(14-15)23-25-21(18(4)27-23)12-7-13-22(26)24-20-11-6-9-16(2)17(20)3/h5,8,10,14,16-17,20H,6-7,9,11-13H2,1-4H3,(H,24,26). The highest BCUT2D eigenvalue weighted by molar-refractivity contribution is 5.76. The number of hydrogen-bond acceptors (Lipinski definition) is 3. The average Bonchev–Trinajstić information content (AvgIpc) is 3.00. The van der Waals surface area contributed by atoms with Crippen LogP contribution in [0.1, 0.15) is 63.0 Å². The minimum Gasteiger partial charge on any atom is -0.441 e. The minimum atomic E-state index is 0.168. The van der Waals surface area contributed by atoms with Crippen molar-refractivity contribution < 1.29 is 9.21 Å². The number of benzene rings is 1. The Kier molecular flexibility index (Phi) is 6.35. The maximum Gasteiger partial charge on any atom is 0.226 e. The van der Waals surface area contributed by atoms with Crippen LogP contribution in [0.2, 0.25) is 0 Å². The van der Waals surface area contributed by atoms with Crippen molar-refractivity contribution in [1.82, 2.24) is 10.3 Å². The number of amides is 1. The fourth-order valence-electron chi connectivity index (χ4n) is 4.04. The van der Waals surface area contributed by atoms with Crippen molar-refractivity contribution in [3.63, 3.8) is 0 Å². The van der Waals surface area contributed by atoms with E-state index in [0.717, 1.165) is 36.3 Å².